The maximum absolute atomic E-state index is 15.1. The van der Waals surface area contributed by atoms with Gasteiger partial charge in [0.25, 0.3) is 5.91 Å². The van der Waals surface area contributed by atoms with Gasteiger partial charge in [0.15, 0.2) is 5.76 Å². The number of furan rings is 1. The Morgan fingerprint density at radius 3 is 2.52 bits per heavy atom. The lowest BCUT2D eigenvalue weighted by Crippen LogP contribution is -2.58. The molecule has 3 fully saturated rings. The molecule has 0 bridgehead atoms. The minimum absolute atomic E-state index is 0.0250. The smallest absolute Gasteiger partial charge is 0.410 e. The van der Waals surface area contributed by atoms with Crippen LogP contribution in [0.3, 0.4) is 0 Å². The molecule has 3 aliphatic heterocycles. The summed E-state index contributed by atoms with van der Waals surface area (Å²) in [4.78, 5) is 43.1. The summed E-state index contributed by atoms with van der Waals surface area (Å²) >= 11 is 0. The van der Waals surface area contributed by atoms with Crippen LogP contribution >= 0.6 is 0 Å². The van der Waals surface area contributed by atoms with Crippen LogP contribution < -0.4 is 10.1 Å². The number of aryl methyl sites for hydroxylation is 1. The highest BCUT2D eigenvalue weighted by Gasteiger charge is 2.62. The third-order valence-electron chi connectivity index (χ3n) is 8.93. The van der Waals surface area contributed by atoms with Crippen molar-refractivity contribution in [3.63, 3.8) is 0 Å². The molecular formula is C34H48FN3O10. The molecule has 2 aromatic rings. The fourth-order valence-electron chi connectivity index (χ4n) is 6.56. The van der Waals surface area contributed by atoms with Gasteiger partial charge < -0.3 is 48.0 Å². The van der Waals surface area contributed by atoms with Gasteiger partial charge in [0.1, 0.15) is 60.6 Å². The number of hydrogen-bond donors (Lipinski definition) is 1. The molecule has 266 valence electrons. The van der Waals surface area contributed by atoms with E-state index in [2.05, 4.69) is 5.32 Å². The van der Waals surface area contributed by atoms with E-state index in [0.717, 1.165) is 0 Å². The molecule has 3 amide bonds. The number of fused-ring (bicyclic) bond motifs is 2. The second kappa shape index (κ2) is 14.2. The number of amides is 3. The third kappa shape index (κ3) is 7.41. The predicted octanol–water partition coefficient (Wildman–Crippen LogP) is 3.84. The second-order valence-corrected chi connectivity index (χ2v) is 14.0. The minimum Gasteiger partial charge on any atom is -0.491 e. The molecule has 0 spiro atoms. The first kappa shape index (κ1) is 35.8. The Morgan fingerprint density at radius 2 is 1.85 bits per heavy atom. The van der Waals surface area contributed by atoms with Gasteiger partial charge in [-0.3, -0.25) is 9.59 Å². The largest absolute Gasteiger partial charge is 0.491 e. The van der Waals surface area contributed by atoms with Crippen LogP contribution in [0.1, 0.15) is 57.2 Å². The first-order valence-corrected chi connectivity index (χ1v) is 16.4. The Hall–Kier alpha value is -3.46. The van der Waals surface area contributed by atoms with Crippen molar-refractivity contribution in [3.05, 3.63) is 29.5 Å². The van der Waals surface area contributed by atoms with Crippen molar-refractivity contribution in [3.8, 4) is 5.75 Å². The zero-order valence-corrected chi connectivity index (χ0v) is 29.0. The van der Waals surface area contributed by atoms with Crippen molar-refractivity contribution in [1.29, 1.82) is 0 Å². The van der Waals surface area contributed by atoms with Crippen molar-refractivity contribution in [2.24, 2.45) is 5.92 Å². The van der Waals surface area contributed by atoms with Crippen molar-refractivity contribution in [1.82, 2.24) is 15.1 Å². The van der Waals surface area contributed by atoms with Crippen LogP contribution in [0.4, 0.5) is 9.18 Å². The number of nitrogens with one attached hydrogen (secondary N) is 1. The van der Waals surface area contributed by atoms with Gasteiger partial charge in [0, 0.05) is 31.7 Å². The molecule has 5 rings (SSSR count). The molecule has 14 heteroatoms. The standard InChI is InChI=1S/C34H48FN3O10/c1-19(2)13-25(31(40)38-16-24(35)28-29(38)34(42-7,43-8)18-46-28)36-30(39)27-20(3)23-14-21(9-10-26(23)47-27)45-17-22-15-37(11-12-44-22)32(41)48-33(4,5)6/h9-10,14,19,22,24-25,28-29H,11-13,15-18H2,1-8H3,(H,36,39). The van der Waals surface area contributed by atoms with E-state index in [1.807, 2.05) is 34.6 Å². The average molecular weight is 678 g/mol. The van der Waals surface area contributed by atoms with Crippen LogP contribution in [0.15, 0.2) is 22.6 Å². The molecule has 3 saturated heterocycles. The number of morpholine rings is 1. The lowest BCUT2D eigenvalue weighted by Gasteiger charge is -2.37. The number of nitrogens with zero attached hydrogens (tertiary/aromatic N) is 2. The molecule has 4 heterocycles. The van der Waals surface area contributed by atoms with Crippen LogP contribution in [0, 0.1) is 12.8 Å². The van der Waals surface area contributed by atoms with Crippen LogP contribution in [0.25, 0.3) is 11.0 Å². The summed E-state index contributed by atoms with van der Waals surface area (Å²) in [6, 6.07) is 3.44. The number of ether oxygens (including phenoxy) is 6. The van der Waals surface area contributed by atoms with E-state index in [9.17, 15) is 14.4 Å². The Bertz CT molecular complexity index is 1490. The summed E-state index contributed by atoms with van der Waals surface area (Å²) in [5.41, 5.74) is 0.445. The fourth-order valence-corrected chi connectivity index (χ4v) is 6.56. The molecule has 0 saturated carbocycles. The van der Waals surface area contributed by atoms with Crippen LogP contribution in [0.2, 0.25) is 0 Å². The van der Waals surface area contributed by atoms with Gasteiger partial charge in [-0.15, -0.1) is 0 Å². The van der Waals surface area contributed by atoms with E-state index < -0.39 is 53.7 Å². The number of methoxy groups -OCH3 is 2. The second-order valence-electron chi connectivity index (χ2n) is 14.0. The fraction of sp³-hybridized carbons (Fsp3) is 0.676. The van der Waals surface area contributed by atoms with E-state index in [1.54, 1.807) is 30.0 Å². The van der Waals surface area contributed by atoms with Gasteiger partial charge >= 0.3 is 6.09 Å². The first-order chi connectivity index (χ1) is 22.7. The van der Waals surface area contributed by atoms with Crippen molar-refractivity contribution >= 4 is 28.9 Å². The number of carbonyl (C=O) groups excluding carboxylic acids is 3. The van der Waals surface area contributed by atoms with E-state index in [4.69, 9.17) is 32.8 Å². The summed E-state index contributed by atoms with van der Waals surface area (Å²) in [5, 5.41) is 3.52. The molecule has 3 aliphatic rings. The highest BCUT2D eigenvalue weighted by molar-refractivity contribution is 6.01. The predicted molar refractivity (Wildman–Crippen MR) is 172 cm³/mol. The highest BCUT2D eigenvalue weighted by atomic mass is 19.1. The molecular weight excluding hydrogens is 629 g/mol. The normalized spacial score (nSPS) is 24.5. The Morgan fingerprint density at radius 1 is 1.12 bits per heavy atom. The van der Waals surface area contributed by atoms with Crippen molar-refractivity contribution in [2.75, 3.05) is 53.7 Å². The zero-order valence-electron chi connectivity index (χ0n) is 29.0. The quantitative estimate of drug-likeness (QED) is 0.369. The Balaban J connectivity index is 1.27. The van der Waals surface area contributed by atoms with E-state index in [1.165, 1.54) is 19.1 Å². The average Bonchev–Trinajstić information content (AvgIpc) is 3.70. The monoisotopic (exact) mass is 677 g/mol. The Labute approximate surface area is 280 Å². The van der Waals surface area contributed by atoms with Gasteiger partial charge in [-0.2, -0.15) is 0 Å². The van der Waals surface area contributed by atoms with Crippen LogP contribution in [-0.4, -0.2) is 123 Å². The van der Waals surface area contributed by atoms with E-state index in [0.29, 0.717) is 48.4 Å². The SMILES string of the molecule is COC1(OC)COC2C(F)CN(C(=O)C(CC(C)C)NC(=O)c3oc4ccc(OCC5CN(C(=O)OC(C)(C)C)CCO5)cc4c3C)C21. The summed E-state index contributed by atoms with van der Waals surface area (Å²) < 4.78 is 55.2. The van der Waals surface area contributed by atoms with Gasteiger partial charge in [-0.1, -0.05) is 13.8 Å². The lowest BCUT2D eigenvalue weighted by atomic mass is 10.00. The van der Waals surface area contributed by atoms with Gasteiger partial charge in [-0.25, -0.2) is 9.18 Å². The topological polar surface area (TPSA) is 138 Å². The minimum atomic E-state index is -1.43. The number of benzene rings is 1. The molecule has 0 radical (unpaired) electrons. The summed E-state index contributed by atoms with van der Waals surface area (Å²) in [5.74, 6) is -1.70. The molecule has 1 N–H and O–H groups in total. The first-order valence-electron chi connectivity index (χ1n) is 16.4. The number of likely N-dealkylation sites (tertiary alicyclic amines) is 1. The maximum atomic E-state index is 15.1. The molecule has 1 aromatic carbocycles. The molecule has 0 aliphatic carbocycles. The lowest BCUT2D eigenvalue weighted by molar-refractivity contribution is -0.227. The number of carbonyl (C=O) groups is 3. The van der Waals surface area contributed by atoms with Crippen LogP contribution in [0.5, 0.6) is 5.75 Å². The number of hydrogen-bond acceptors (Lipinski definition) is 10. The summed E-state index contributed by atoms with van der Waals surface area (Å²) in [7, 11) is 2.86. The number of halogens is 1. The number of alkyl halides is 1. The Kier molecular flexibility index (Phi) is 10.6. The van der Waals surface area contributed by atoms with Gasteiger partial charge in [0.2, 0.25) is 11.7 Å². The summed E-state index contributed by atoms with van der Waals surface area (Å²) in [6.07, 6.45) is -2.75. The summed E-state index contributed by atoms with van der Waals surface area (Å²) in [6.45, 7) is 12.2. The van der Waals surface area contributed by atoms with E-state index in [-0.39, 0.29) is 37.5 Å². The van der Waals surface area contributed by atoms with Gasteiger partial charge in [0.05, 0.1) is 19.7 Å². The van der Waals surface area contributed by atoms with Crippen LogP contribution in [-0.2, 0) is 28.5 Å². The van der Waals surface area contributed by atoms with E-state index >= 15 is 4.39 Å². The molecule has 48 heavy (non-hydrogen) atoms. The maximum Gasteiger partial charge on any atom is 0.410 e. The molecule has 1 aromatic heterocycles. The molecule has 13 nitrogen and oxygen atoms in total. The van der Waals surface area contributed by atoms with Crippen molar-refractivity contribution < 1.29 is 51.6 Å². The molecule has 5 atom stereocenters. The van der Waals surface area contributed by atoms with Gasteiger partial charge in [-0.05, 0) is 58.2 Å². The number of rotatable bonds is 10. The van der Waals surface area contributed by atoms with Crippen molar-refractivity contribution in [2.45, 2.75) is 89.8 Å². The zero-order chi connectivity index (χ0) is 35.0. The highest BCUT2D eigenvalue weighted by Crippen LogP contribution is 2.40. The third-order valence-corrected chi connectivity index (χ3v) is 8.93. The molecule has 5 unspecified atom stereocenters.